The lowest BCUT2D eigenvalue weighted by Crippen LogP contribution is -2.51. The van der Waals surface area contributed by atoms with Crippen molar-refractivity contribution in [2.45, 2.75) is 63.5 Å². The molecule has 0 spiro atoms. The van der Waals surface area contributed by atoms with Crippen LogP contribution in [0.15, 0.2) is 0 Å². The minimum absolute atomic E-state index is 0.431. The van der Waals surface area contributed by atoms with E-state index in [1.807, 2.05) is 0 Å². The van der Waals surface area contributed by atoms with Gasteiger partial charge in [0.2, 0.25) is 0 Å². The molecule has 2 unspecified atom stereocenters. The van der Waals surface area contributed by atoms with Gasteiger partial charge in [-0.25, -0.2) is 0 Å². The molecule has 2 rings (SSSR count). The van der Waals surface area contributed by atoms with Crippen LogP contribution in [0.3, 0.4) is 0 Å². The topological polar surface area (TPSA) is 35.5 Å². The van der Waals surface area contributed by atoms with Gasteiger partial charge >= 0.3 is 0 Å². The number of aliphatic hydroxyl groups is 1. The molecular weight excluding hydrogens is 224 g/mol. The molecule has 3 heteroatoms. The van der Waals surface area contributed by atoms with Crippen molar-refractivity contribution in [3.63, 3.8) is 0 Å². The summed E-state index contributed by atoms with van der Waals surface area (Å²) in [6.45, 7) is 5.48. The van der Waals surface area contributed by atoms with Gasteiger partial charge in [-0.15, -0.1) is 0 Å². The van der Waals surface area contributed by atoms with Crippen molar-refractivity contribution in [1.82, 2.24) is 10.2 Å². The molecule has 0 radical (unpaired) electrons. The Kier molecular flexibility index (Phi) is 5.05. The Morgan fingerprint density at radius 3 is 2.50 bits per heavy atom. The maximum absolute atomic E-state index is 10.6. The van der Waals surface area contributed by atoms with Crippen molar-refractivity contribution in [3.05, 3.63) is 0 Å². The van der Waals surface area contributed by atoms with Gasteiger partial charge in [0.25, 0.3) is 0 Å². The van der Waals surface area contributed by atoms with E-state index in [1.54, 1.807) is 0 Å². The SMILES string of the molecule is CC1CN(C)CCC1NCC1(O)CCCCCC1. The smallest absolute Gasteiger partial charge is 0.0771 e. The highest BCUT2D eigenvalue weighted by Gasteiger charge is 2.30. The maximum Gasteiger partial charge on any atom is 0.0771 e. The fourth-order valence-electron chi connectivity index (χ4n) is 3.54. The lowest BCUT2D eigenvalue weighted by atomic mass is 9.90. The fourth-order valence-corrected chi connectivity index (χ4v) is 3.54. The van der Waals surface area contributed by atoms with Crippen molar-refractivity contribution in [2.75, 3.05) is 26.7 Å². The van der Waals surface area contributed by atoms with Gasteiger partial charge in [-0.2, -0.15) is 0 Å². The Morgan fingerprint density at radius 1 is 1.22 bits per heavy atom. The second-order valence-corrected chi connectivity index (χ2v) is 6.65. The first kappa shape index (κ1) is 14.3. The number of piperidine rings is 1. The second-order valence-electron chi connectivity index (χ2n) is 6.65. The summed E-state index contributed by atoms with van der Waals surface area (Å²) in [4.78, 5) is 2.41. The number of hydrogen-bond acceptors (Lipinski definition) is 3. The molecule has 0 bridgehead atoms. The van der Waals surface area contributed by atoms with E-state index >= 15 is 0 Å². The van der Waals surface area contributed by atoms with Gasteiger partial charge in [-0.3, -0.25) is 0 Å². The quantitative estimate of drug-likeness (QED) is 0.756. The first-order chi connectivity index (χ1) is 8.59. The van der Waals surface area contributed by atoms with Gasteiger partial charge < -0.3 is 15.3 Å². The minimum Gasteiger partial charge on any atom is -0.389 e. The molecule has 1 heterocycles. The average Bonchev–Trinajstić information content (AvgIpc) is 2.54. The fraction of sp³-hybridized carbons (Fsp3) is 1.00. The number of likely N-dealkylation sites (tertiary alicyclic amines) is 1. The number of nitrogens with one attached hydrogen (secondary N) is 1. The number of hydrogen-bond donors (Lipinski definition) is 2. The van der Waals surface area contributed by atoms with Crippen LogP contribution in [-0.4, -0.2) is 48.3 Å². The predicted octanol–water partition coefficient (Wildman–Crippen LogP) is 2.00. The monoisotopic (exact) mass is 254 g/mol. The standard InChI is InChI=1S/C15H30N2O/c1-13-11-17(2)10-7-14(13)16-12-15(18)8-5-3-4-6-9-15/h13-14,16,18H,3-12H2,1-2H3. The first-order valence-corrected chi connectivity index (χ1v) is 7.73. The molecule has 2 N–H and O–H groups in total. The van der Waals surface area contributed by atoms with Crippen molar-refractivity contribution in [1.29, 1.82) is 0 Å². The van der Waals surface area contributed by atoms with Crippen LogP contribution >= 0.6 is 0 Å². The third kappa shape index (κ3) is 3.94. The van der Waals surface area contributed by atoms with Gasteiger partial charge in [0.1, 0.15) is 0 Å². The Balaban J connectivity index is 1.79. The molecule has 2 atom stereocenters. The Morgan fingerprint density at radius 2 is 1.89 bits per heavy atom. The molecule has 18 heavy (non-hydrogen) atoms. The summed E-state index contributed by atoms with van der Waals surface area (Å²) in [5.74, 6) is 0.693. The van der Waals surface area contributed by atoms with Crippen LogP contribution in [0.1, 0.15) is 51.9 Å². The van der Waals surface area contributed by atoms with E-state index in [9.17, 15) is 5.11 Å². The molecular formula is C15H30N2O. The Hall–Kier alpha value is -0.120. The molecule has 1 saturated carbocycles. The van der Waals surface area contributed by atoms with E-state index in [0.717, 1.165) is 19.4 Å². The third-order valence-electron chi connectivity index (χ3n) is 4.84. The van der Waals surface area contributed by atoms with Gasteiger partial charge in [0, 0.05) is 19.1 Å². The van der Waals surface area contributed by atoms with Crippen LogP contribution < -0.4 is 5.32 Å². The van der Waals surface area contributed by atoms with Crippen LogP contribution in [0, 0.1) is 5.92 Å². The molecule has 2 aliphatic rings. The Labute approximate surface area is 112 Å². The molecule has 1 saturated heterocycles. The molecule has 0 amide bonds. The summed E-state index contributed by atoms with van der Waals surface area (Å²) >= 11 is 0. The summed E-state index contributed by atoms with van der Waals surface area (Å²) in [6.07, 6.45) is 8.18. The van der Waals surface area contributed by atoms with E-state index in [1.165, 1.54) is 45.2 Å². The van der Waals surface area contributed by atoms with Crippen molar-refractivity contribution in [3.8, 4) is 0 Å². The zero-order valence-corrected chi connectivity index (χ0v) is 12.1. The molecule has 0 aromatic rings. The third-order valence-corrected chi connectivity index (χ3v) is 4.84. The minimum atomic E-state index is -0.431. The summed E-state index contributed by atoms with van der Waals surface area (Å²) < 4.78 is 0. The zero-order valence-electron chi connectivity index (χ0n) is 12.1. The van der Waals surface area contributed by atoms with E-state index in [0.29, 0.717) is 12.0 Å². The van der Waals surface area contributed by atoms with Crippen LogP contribution in [0.5, 0.6) is 0 Å². The van der Waals surface area contributed by atoms with Gasteiger partial charge in [0.15, 0.2) is 0 Å². The number of rotatable bonds is 3. The molecule has 1 aliphatic heterocycles. The predicted molar refractivity (Wildman–Crippen MR) is 75.7 cm³/mol. The molecule has 2 fully saturated rings. The van der Waals surface area contributed by atoms with E-state index in [2.05, 4.69) is 24.2 Å². The van der Waals surface area contributed by atoms with Gasteiger partial charge in [-0.1, -0.05) is 32.6 Å². The lowest BCUT2D eigenvalue weighted by molar-refractivity contribution is 0.0178. The highest BCUT2D eigenvalue weighted by molar-refractivity contribution is 4.88. The largest absolute Gasteiger partial charge is 0.389 e. The normalized spacial score (nSPS) is 34.2. The highest BCUT2D eigenvalue weighted by Crippen LogP contribution is 2.27. The molecule has 1 aliphatic carbocycles. The summed E-state index contributed by atoms with van der Waals surface area (Å²) in [6, 6.07) is 0.591. The first-order valence-electron chi connectivity index (χ1n) is 7.73. The molecule has 106 valence electrons. The summed E-state index contributed by atoms with van der Waals surface area (Å²) in [5, 5.41) is 14.3. The molecule has 0 aromatic carbocycles. The summed E-state index contributed by atoms with van der Waals surface area (Å²) in [7, 11) is 2.20. The van der Waals surface area contributed by atoms with Crippen molar-refractivity contribution < 1.29 is 5.11 Å². The highest BCUT2D eigenvalue weighted by atomic mass is 16.3. The second kappa shape index (κ2) is 6.36. The van der Waals surface area contributed by atoms with Gasteiger partial charge in [-0.05, 0) is 38.8 Å². The van der Waals surface area contributed by atoms with Crippen molar-refractivity contribution in [2.24, 2.45) is 5.92 Å². The lowest BCUT2D eigenvalue weighted by Gasteiger charge is -2.37. The van der Waals surface area contributed by atoms with Crippen LogP contribution in [-0.2, 0) is 0 Å². The van der Waals surface area contributed by atoms with E-state index in [-0.39, 0.29) is 0 Å². The van der Waals surface area contributed by atoms with Gasteiger partial charge in [0.05, 0.1) is 5.60 Å². The summed E-state index contributed by atoms with van der Waals surface area (Å²) in [5.41, 5.74) is -0.431. The zero-order chi connectivity index (χ0) is 13.0. The van der Waals surface area contributed by atoms with E-state index < -0.39 is 5.60 Å². The Bertz CT molecular complexity index is 249. The van der Waals surface area contributed by atoms with Crippen molar-refractivity contribution >= 4 is 0 Å². The maximum atomic E-state index is 10.6. The number of nitrogens with zero attached hydrogens (tertiary/aromatic N) is 1. The molecule has 3 nitrogen and oxygen atoms in total. The van der Waals surface area contributed by atoms with E-state index in [4.69, 9.17) is 0 Å². The van der Waals surface area contributed by atoms with Crippen LogP contribution in [0.25, 0.3) is 0 Å². The average molecular weight is 254 g/mol. The van der Waals surface area contributed by atoms with Crippen LogP contribution in [0.4, 0.5) is 0 Å². The molecule has 0 aromatic heterocycles. The van der Waals surface area contributed by atoms with Crippen LogP contribution in [0.2, 0.25) is 0 Å².